The Bertz CT molecular complexity index is 642. The van der Waals surface area contributed by atoms with Crippen molar-refractivity contribution in [2.75, 3.05) is 26.8 Å². The molecule has 3 unspecified atom stereocenters. The van der Waals surface area contributed by atoms with Crippen LogP contribution in [0.1, 0.15) is 31.0 Å². The molecule has 1 saturated heterocycles. The number of hydrogen-bond donors (Lipinski definition) is 3. The number of aliphatic carboxylic acids is 2. The molecule has 0 aromatic carbocycles. The molecule has 2 aliphatic rings. The third-order valence-electron chi connectivity index (χ3n) is 5.12. The number of H-pyrrole nitrogens is 1. The number of aromatic nitrogens is 2. The van der Waals surface area contributed by atoms with E-state index in [1.54, 1.807) is 0 Å². The SMILES string of the molecule is CCCN1CC(COC)CC2Cc3n[nH]cc3CC21.O=C(O)/C=C\C(=O)O. The molecule has 8 nitrogen and oxygen atoms in total. The Morgan fingerprint density at radius 1 is 1.33 bits per heavy atom. The first-order valence-corrected chi connectivity index (χ1v) is 9.33. The number of hydrogen-bond acceptors (Lipinski definition) is 5. The first kappa shape index (κ1) is 21.1. The van der Waals surface area contributed by atoms with Crippen LogP contribution >= 0.6 is 0 Å². The van der Waals surface area contributed by atoms with Crippen LogP contribution in [0, 0.1) is 11.8 Å². The molecule has 3 rings (SSSR count). The van der Waals surface area contributed by atoms with E-state index in [9.17, 15) is 9.59 Å². The number of likely N-dealkylation sites (tertiary alicyclic amines) is 1. The maximum Gasteiger partial charge on any atom is 0.328 e. The molecular weight excluding hydrogens is 350 g/mol. The van der Waals surface area contributed by atoms with Crippen molar-refractivity contribution < 1.29 is 24.5 Å². The van der Waals surface area contributed by atoms with E-state index < -0.39 is 11.9 Å². The minimum atomic E-state index is -1.26. The Morgan fingerprint density at radius 2 is 2.04 bits per heavy atom. The van der Waals surface area contributed by atoms with Crippen molar-refractivity contribution in [1.29, 1.82) is 0 Å². The number of carboxylic acid groups (broad SMARTS) is 2. The summed E-state index contributed by atoms with van der Waals surface area (Å²) in [6, 6.07) is 0.721. The van der Waals surface area contributed by atoms with Crippen molar-refractivity contribution in [3.8, 4) is 0 Å². The summed E-state index contributed by atoms with van der Waals surface area (Å²) in [5.74, 6) is -1.06. The average molecular weight is 379 g/mol. The van der Waals surface area contributed by atoms with Gasteiger partial charge >= 0.3 is 11.9 Å². The number of methoxy groups -OCH3 is 1. The molecule has 1 aliphatic heterocycles. The highest BCUT2D eigenvalue weighted by Gasteiger charge is 2.39. The van der Waals surface area contributed by atoms with Gasteiger partial charge in [0.1, 0.15) is 0 Å². The van der Waals surface area contributed by atoms with Crippen LogP contribution in [0.3, 0.4) is 0 Å². The van der Waals surface area contributed by atoms with Gasteiger partial charge in [0.15, 0.2) is 0 Å². The van der Waals surface area contributed by atoms with Gasteiger partial charge in [-0.1, -0.05) is 6.92 Å². The van der Waals surface area contributed by atoms with E-state index in [2.05, 4.69) is 28.2 Å². The van der Waals surface area contributed by atoms with Gasteiger partial charge in [-0.3, -0.25) is 10.00 Å². The van der Waals surface area contributed by atoms with E-state index >= 15 is 0 Å². The Labute approximate surface area is 159 Å². The zero-order valence-electron chi connectivity index (χ0n) is 15.9. The van der Waals surface area contributed by atoms with Crippen LogP contribution in [0.4, 0.5) is 0 Å². The summed E-state index contributed by atoms with van der Waals surface area (Å²) in [4.78, 5) is 21.8. The Kier molecular flexibility index (Phi) is 7.99. The molecule has 0 radical (unpaired) electrons. The fourth-order valence-corrected chi connectivity index (χ4v) is 4.15. The second kappa shape index (κ2) is 10.2. The van der Waals surface area contributed by atoms with Crippen LogP contribution in [0.15, 0.2) is 18.3 Å². The maximum atomic E-state index is 9.55. The summed E-state index contributed by atoms with van der Waals surface area (Å²) in [6.07, 6.45) is 8.06. The van der Waals surface area contributed by atoms with E-state index in [4.69, 9.17) is 14.9 Å². The lowest BCUT2D eigenvalue weighted by Crippen LogP contribution is -2.52. The van der Waals surface area contributed by atoms with Crippen molar-refractivity contribution in [2.45, 2.75) is 38.6 Å². The maximum absolute atomic E-state index is 9.55. The zero-order valence-corrected chi connectivity index (χ0v) is 15.9. The molecule has 3 atom stereocenters. The van der Waals surface area contributed by atoms with Gasteiger partial charge < -0.3 is 14.9 Å². The van der Waals surface area contributed by atoms with Crippen LogP contribution in [-0.4, -0.2) is 70.1 Å². The van der Waals surface area contributed by atoms with Crippen LogP contribution in [0.25, 0.3) is 0 Å². The van der Waals surface area contributed by atoms with Gasteiger partial charge in [0.2, 0.25) is 0 Å². The normalized spacial score (nSPS) is 24.6. The summed E-state index contributed by atoms with van der Waals surface area (Å²) in [6.45, 7) is 5.60. The largest absolute Gasteiger partial charge is 0.478 e. The fraction of sp³-hybridized carbons (Fsp3) is 0.632. The number of carbonyl (C=O) groups is 2. The number of piperidine rings is 1. The molecule has 1 aromatic rings. The number of carboxylic acids is 2. The van der Waals surface area contributed by atoms with Gasteiger partial charge in [-0.15, -0.1) is 0 Å². The molecule has 150 valence electrons. The Balaban J connectivity index is 0.000000279. The molecule has 27 heavy (non-hydrogen) atoms. The van der Waals surface area contributed by atoms with Crippen LogP contribution in [0.5, 0.6) is 0 Å². The number of rotatable bonds is 6. The second-order valence-corrected chi connectivity index (χ2v) is 7.15. The molecule has 1 fully saturated rings. The van der Waals surface area contributed by atoms with E-state index in [0.29, 0.717) is 18.1 Å². The molecular formula is C19H29N3O5. The van der Waals surface area contributed by atoms with Gasteiger partial charge in [-0.25, -0.2) is 9.59 Å². The Morgan fingerprint density at radius 3 is 2.63 bits per heavy atom. The topological polar surface area (TPSA) is 116 Å². The number of nitrogens with one attached hydrogen (secondary N) is 1. The predicted octanol–water partition coefficient (Wildman–Crippen LogP) is 1.58. The molecule has 2 heterocycles. The first-order valence-electron chi connectivity index (χ1n) is 9.33. The van der Waals surface area contributed by atoms with Crippen molar-refractivity contribution in [1.82, 2.24) is 15.1 Å². The molecule has 1 aromatic heterocycles. The van der Waals surface area contributed by atoms with E-state index in [1.807, 2.05) is 7.11 Å². The quantitative estimate of drug-likeness (QED) is 0.643. The van der Waals surface area contributed by atoms with Crippen molar-refractivity contribution in [3.63, 3.8) is 0 Å². The molecule has 0 bridgehead atoms. The summed E-state index contributed by atoms with van der Waals surface area (Å²) < 4.78 is 5.39. The average Bonchev–Trinajstić information content (AvgIpc) is 3.07. The van der Waals surface area contributed by atoms with Crippen LogP contribution in [-0.2, 0) is 27.2 Å². The zero-order chi connectivity index (χ0) is 19.8. The number of nitrogens with zero attached hydrogens (tertiary/aromatic N) is 2. The number of aromatic amines is 1. The molecule has 1 aliphatic carbocycles. The summed E-state index contributed by atoms with van der Waals surface area (Å²) in [5.41, 5.74) is 2.74. The van der Waals surface area contributed by atoms with E-state index in [0.717, 1.165) is 25.0 Å². The van der Waals surface area contributed by atoms with Crippen molar-refractivity contribution >= 4 is 11.9 Å². The second-order valence-electron chi connectivity index (χ2n) is 7.15. The van der Waals surface area contributed by atoms with Crippen molar-refractivity contribution in [2.24, 2.45) is 11.8 Å². The monoisotopic (exact) mass is 379 g/mol. The van der Waals surface area contributed by atoms with Gasteiger partial charge in [-0.05, 0) is 49.6 Å². The van der Waals surface area contributed by atoms with Crippen molar-refractivity contribution in [3.05, 3.63) is 29.6 Å². The van der Waals surface area contributed by atoms with Crippen LogP contribution in [0.2, 0.25) is 0 Å². The molecule has 3 N–H and O–H groups in total. The lowest BCUT2D eigenvalue weighted by Gasteiger charge is -2.46. The lowest BCUT2D eigenvalue weighted by molar-refractivity contribution is -0.134. The van der Waals surface area contributed by atoms with E-state index in [1.165, 1.54) is 43.6 Å². The summed E-state index contributed by atoms with van der Waals surface area (Å²) >= 11 is 0. The smallest absolute Gasteiger partial charge is 0.328 e. The van der Waals surface area contributed by atoms with Gasteiger partial charge in [0, 0.05) is 38.0 Å². The first-order chi connectivity index (χ1) is 12.9. The summed E-state index contributed by atoms with van der Waals surface area (Å²) in [7, 11) is 1.82. The predicted molar refractivity (Wildman–Crippen MR) is 99.5 cm³/mol. The molecule has 8 heteroatoms. The number of fused-ring (bicyclic) bond motifs is 2. The highest BCUT2D eigenvalue weighted by atomic mass is 16.5. The van der Waals surface area contributed by atoms with Gasteiger partial charge in [-0.2, -0.15) is 5.10 Å². The van der Waals surface area contributed by atoms with Crippen LogP contribution < -0.4 is 0 Å². The Hall–Kier alpha value is -2.19. The standard InChI is InChI=1S/C15H25N3O.C4H4O4/c1-3-4-18-9-11(10-19-2)5-12-6-14-13(7-15(12)18)8-16-17-14;5-3(6)1-2-4(7)8/h8,11-12,15H,3-7,9-10H2,1-2H3,(H,16,17);1-2H,(H,5,6)(H,7,8)/b;2-1-. The number of ether oxygens (including phenoxy) is 1. The third kappa shape index (κ3) is 6.18. The minimum absolute atomic E-state index is 0.558. The van der Waals surface area contributed by atoms with Gasteiger partial charge in [0.05, 0.1) is 12.3 Å². The minimum Gasteiger partial charge on any atom is -0.478 e. The third-order valence-corrected chi connectivity index (χ3v) is 5.12. The van der Waals surface area contributed by atoms with Gasteiger partial charge in [0.25, 0.3) is 0 Å². The molecule has 0 spiro atoms. The highest BCUT2D eigenvalue weighted by Crippen LogP contribution is 2.36. The lowest BCUT2D eigenvalue weighted by atomic mass is 9.74. The summed E-state index contributed by atoms with van der Waals surface area (Å²) in [5, 5.41) is 23.1. The molecule has 0 amide bonds. The molecule has 0 saturated carbocycles. The highest BCUT2D eigenvalue weighted by molar-refractivity contribution is 5.89. The van der Waals surface area contributed by atoms with E-state index in [-0.39, 0.29) is 0 Å². The fourth-order valence-electron chi connectivity index (χ4n) is 4.15.